The molecule has 1 aliphatic heterocycles. The molecule has 1 saturated heterocycles. The number of hydrogen-bond acceptors (Lipinski definition) is 4. The van der Waals surface area contributed by atoms with Gasteiger partial charge in [0.15, 0.2) is 0 Å². The number of benzene rings is 2. The molecule has 1 fully saturated rings. The molecule has 0 aliphatic carbocycles. The molecule has 1 aliphatic rings. The summed E-state index contributed by atoms with van der Waals surface area (Å²) >= 11 is 0. The quantitative estimate of drug-likeness (QED) is 0.685. The van der Waals surface area contributed by atoms with E-state index in [0.717, 1.165) is 55.4 Å². The SMILES string of the molecule is Cc1ccc(-n2nc(-c3ccccc3)cc2C(=O)NCCN2CCOCC2)c(C)c1. The molecule has 30 heavy (non-hydrogen) atoms. The monoisotopic (exact) mass is 404 g/mol. The Bertz CT molecular complexity index is 1010. The Labute approximate surface area is 177 Å². The summed E-state index contributed by atoms with van der Waals surface area (Å²) in [5.41, 5.74) is 5.50. The number of aryl methyl sites for hydroxylation is 2. The summed E-state index contributed by atoms with van der Waals surface area (Å²) in [5, 5.41) is 7.86. The molecular weight excluding hydrogens is 376 g/mol. The van der Waals surface area contributed by atoms with E-state index < -0.39 is 0 Å². The first-order chi connectivity index (χ1) is 14.6. The summed E-state index contributed by atoms with van der Waals surface area (Å²) in [6.45, 7) is 8.86. The fourth-order valence-corrected chi connectivity index (χ4v) is 3.76. The number of amides is 1. The van der Waals surface area contributed by atoms with Crippen molar-refractivity contribution in [1.82, 2.24) is 20.0 Å². The Balaban J connectivity index is 1.59. The van der Waals surface area contributed by atoms with Gasteiger partial charge in [-0.3, -0.25) is 9.69 Å². The Hall–Kier alpha value is -2.96. The molecule has 1 aromatic heterocycles. The van der Waals surface area contributed by atoms with E-state index in [1.807, 2.05) is 55.5 Å². The van der Waals surface area contributed by atoms with Gasteiger partial charge in [-0.2, -0.15) is 5.10 Å². The third-order valence-corrected chi connectivity index (χ3v) is 5.41. The van der Waals surface area contributed by atoms with Crippen LogP contribution in [0, 0.1) is 13.8 Å². The lowest BCUT2D eigenvalue weighted by Crippen LogP contribution is -2.41. The number of aromatic nitrogens is 2. The van der Waals surface area contributed by atoms with Crippen molar-refractivity contribution in [1.29, 1.82) is 0 Å². The predicted molar refractivity (Wildman–Crippen MR) is 118 cm³/mol. The zero-order valence-corrected chi connectivity index (χ0v) is 17.6. The lowest BCUT2D eigenvalue weighted by atomic mass is 10.1. The van der Waals surface area contributed by atoms with E-state index >= 15 is 0 Å². The fraction of sp³-hybridized carbons (Fsp3) is 0.333. The van der Waals surface area contributed by atoms with Crippen molar-refractivity contribution in [2.24, 2.45) is 0 Å². The molecule has 2 aromatic carbocycles. The van der Waals surface area contributed by atoms with Gasteiger partial charge in [0.25, 0.3) is 5.91 Å². The largest absolute Gasteiger partial charge is 0.379 e. The molecule has 6 nitrogen and oxygen atoms in total. The van der Waals surface area contributed by atoms with Gasteiger partial charge in [-0.15, -0.1) is 0 Å². The van der Waals surface area contributed by atoms with Gasteiger partial charge < -0.3 is 10.1 Å². The molecule has 1 amide bonds. The van der Waals surface area contributed by atoms with Crippen molar-refractivity contribution in [3.63, 3.8) is 0 Å². The third-order valence-electron chi connectivity index (χ3n) is 5.41. The number of rotatable bonds is 6. The number of carbonyl (C=O) groups excluding carboxylic acids is 1. The summed E-state index contributed by atoms with van der Waals surface area (Å²) in [5.74, 6) is -0.113. The smallest absolute Gasteiger partial charge is 0.270 e. The molecule has 0 bridgehead atoms. The minimum Gasteiger partial charge on any atom is -0.379 e. The van der Waals surface area contributed by atoms with Crippen molar-refractivity contribution >= 4 is 5.91 Å². The van der Waals surface area contributed by atoms with E-state index in [9.17, 15) is 4.79 Å². The van der Waals surface area contributed by atoms with Crippen LogP contribution in [0.15, 0.2) is 54.6 Å². The highest BCUT2D eigenvalue weighted by Gasteiger charge is 2.19. The molecule has 0 radical (unpaired) electrons. The van der Waals surface area contributed by atoms with Crippen molar-refractivity contribution < 1.29 is 9.53 Å². The van der Waals surface area contributed by atoms with E-state index in [2.05, 4.69) is 23.2 Å². The second kappa shape index (κ2) is 9.24. The first-order valence-electron chi connectivity index (χ1n) is 10.4. The first kappa shape index (κ1) is 20.3. The van der Waals surface area contributed by atoms with Gasteiger partial charge in [0.1, 0.15) is 5.69 Å². The summed E-state index contributed by atoms with van der Waals surface area (Å²) in [6.07, 6.45) is 0. The second-order valence-corrected chi connectivity index (χ2v) is 7.69. The molecule has 0 saturated carbocycles. The molecule has 0 unspecified atom stereocenters. The predicted octanol–water partition coefficient (Wildman–Crippen LogP) is 3.22. The van der Waals surface area contributed by atoms with Gasteiger partial charge in [0.05, 0.1) is 24.6 Å². The van der Waals surface area contributed by atoms with E-state index in [4.69, 9.17) is 9.84 Å². The molecule has 4 rings (SSSR count). The Morgan fingerprint density at radius 2 is 1.83 bits per heavy atom. The number of morpholine rings is 1. The van der Waals surface area contributed by atoms with Gasteiger partial charge in [-0.1, -0.05) is 48.0 Å². The molecule has 6 heteroatoms. The second-order valence-electron chi connectivity index (χ2n) is 7.69. The maximum Gasteiger partial charge on any atom is 0.270 e. The first-order valence-corrected chi connectivity index (χ1v) is 10.4. The van der Waals surface area contributed by atoms with Crippen LogP contribution in [-0.2, 0) is 4.74 Å². The molecule has 2 heterocycles. The summed E-state index contributed by atoms with van der Waals surface area (Å²) in [6, 6.07) is 18.0. The van der Waals surface area contributed by atoms with Crippen LogP contribution >= 0.6 is 0 Å². The van der Waals surface area contributed by atoms with Gasteiger partial charge in [0, 0.05) is 31.7 Å². The van der Waals surface area contributed by atoms with Crippen LogP contribution in [-0.4, -0.2) is 60.0 Å². The summed E-state index contributed by atoms with van der Waals surface area (Å²) in [4.78, 5) is 15.4. The Morgan fingerprint density at radius 3 is 2.57 bits per heavy atom. The molecule has 3 aromatic rings. The zero-order chi connectivity index (χ0) is 20.9. The highest BCUT2D eigenvalue weighted by atomic mass is 16.5. The van der Waals surface area contributed by atoms with Gasteiger partial charge in [-0.05, 0) is 31.5 Å². The Kier molecular flexibility index (Phi) is 6.26. The molecule has 0 spiro atoms. The fourth-order valence-electron chi connectivity index (χ4n) is 3.76. The van der Waals surface area contributed by atoms with Crippen LogP contribution in [0.5, 0.6) is 0 Å². The number of carbonyl (C=O) groups is 1. The van der Waals surface area contributed by atoms with E-state index in [-0.39, 0.29) is 5.91 Å². The van der Waals surface area contributed by atoms with Crippen LogP contribution in [0.25, 0.3) is 16.9 Å². The average molecular weight is 405 g/mol. The van der Waals surface area contributed by atoms with Crippen LogP contribution in [0.3, 0.4) is 0 Å². The normalized spacial score (nSPS) is 14.6. The minimum atomic E-state index is -0.113. The number of hydrogen-bond donors (Lipinski definition) is 1. The van der Waals surface area contributed by atoms with Crippen molar-refractivity contribution in [2.75, 3.05) is 39.4 Å². The van der Waals surface area contributed by atoms with Crippen LogP contribution in [0.2, 0.25) is 0 Å². The van der Waals surface area contributed by atoms with Crippen molar-refractivity contribution in [3.8, 4) is 16.9 Å². The standard InChI is InChI=1S/C24H28N4O2/c1-18-8-9-22(19(2)16-18)28-23(17-21(26-28)20-6-4-3-5-7-20)24(29)25-10-11-27-12-14-30-15-13-27/h3-9,16-17H,10-15H2,1-2H3,(H,25,29). The number of nitrogens with zero attached hydrogens (tertiary/aromatic N) is 3. The molecular formula is C24H28N4O2. The lowest BCUT2D eigenvalue weighted by molar-refractivity contribution is 0.0383. The molecule has 0 atom stereocenters. The number of nitrogens with one attached hydrogen (secondary N) is 1. The van der Waals surface area contributed by atoms with Crippen molar-refractivity contribution in [2.45, 2.75) is 13.8 Å². The number of ether oxygens (including phenoxy) is 1. The zero-order valence-electron chi connectivity index (χ0n) is 17.6. The highest BCUT2D eigenvalue weighted by Crippen LogP contribution is 2.23. The maximum atomic E-state index is 13.1. The van der Waals surface area contributed by atoms with E-state index in [0.29, 0.717) is 12.2 Å². The van der Waals surface area contributed by atoms with Crippen molar-refractivity contribution in [3.05, 3.63) is 71.4 Å². The van der Waals surface area contributed by atoms with Crippen LogP contribution in [0.1, 0.15) is 21.6 Å². The lowest BCUT2D eigenvalue weighted by Gasteiger charge is -2.26. The molecule has 1 N–H and O–H groups in total. The van der Waals surface area contributed by atoms with Crippen LogP contribution < -0.4 is 5.32 Å². The average Bonchev–Trinajstić information content (AvgIpc) is 3.20. The van der Waals surface area contributed by atoms with E-state index in [1.165, 1.54) is 5.56 Å². The topological polar surface area (TPSA) is 59.4 Å². The van der Waals surface area contributed by atoms with Gasteiger partial charge in [-0.25, -0.2) is 4.68 Å². The van der Waals surface area contributed by atoms with E-state index in [1.54, 1.807) is 4.68 Å². The van der Waals surface area contributed by atoms with Gasteiger partial charge in [0.2, 0.25) is 0 Å². The highest BCUT2D eigenvalue weighted by molar-refractivity contribution is 5.94. The minimum absolute atomic E-state index is 0.113. The maximum absolute atomic E-state index is 13.1. The summed E-state index contributed by atoms with van der Waals surface area (Å²) < 4.78 is 7.15. The van der Waals surface area contributed by atoms with Crippen LogP contribution in [0.4, 0.5) is 0 Å². The Morgan fingerprint density at radius 1 is 1.07 bits per heavy atom. The molecule has 156 valence electrons. The summed E-state index contributed by atoms with van der Waals surface area (Å²) in [7, 11) is 0. The van der Waals surface area contributed by atoms with Gasteiger partial charge >= 0.3 is 0 Å². The third kappa shape index (κ3) is 4.61.